The van der Waals surface area contributed by atoms with Gasteiger partial charge in [-0.05, 0) is 6.07 Å². The van der Waals surface area contributed by atoms with Crippen molar-refractivity contribution in [1.82, 2.24) is 10.3 Å². The third kappa shape index (κ3) is 2.84. The molecule has 0 unspecified atom stereocenters. The summed E-state index contributed by atoms with van der Waals surface area (Å²) in [7, 11) is 0. The lowest BCUT2D eigenvalue weighted by Crippen LogP contribution is -2.53. The number of aromatic nitrogens is 1. The van der Waals surface area contributed by atoms with Gasteiger partial charge >= 0.3 is 6.18 Å². The van der Waals surface area contributed by atoms with Crippen LogP contribution in [0.2, 0.25) is 0 Å². The van der Waals surface area contributed by atoms with E-state index in [1.54, 1.807) is 0 Å². The molecule has 2 aliphatic rings. The largest absolute Gasteiger partial charge is 0.417 e. The van der Waals surface area contributed by atoms with Crippen molar-refractivity contribution in [3.8, 4) is 0 Å². The van der Waals surface area contributed by atoms with E-state index in [0.717, 1.165) is 31.9 Å². The second-order valence-corrected chi connectivity index (χ2v) is 4.77. The Labute approximate surface area is 120 Å². The Bertz CT molecular complexity index is 484. The number of halogens is 4. The molecule has 1 saturated heterocycles. The van der Waals surface area contributed by atoms with Crippen LogP contribution in [0.25, 0.3) is 0 Å². The molecule has 1 N–H and O–H groups in total. The van der Waals surface area contributed by atoms with Crippen molar-refractivity contribution in [2.45, 2.75) is 18.8 Å². The quantitative estimate of drug-likeness (QED) is 0.793. The Hall–Kier alpha value is -1.05. The Morgan fingerprint density at radius 3 is 2.95 bits per heavy atom. The van der Waals surface area contributed by atoms with Crippen LogP contribution >= 0.6 is 12.4 Å². The predicted molar refractivity (Wildman–Crippen MR) is 70.1 cm³/mol. The van der Waals surface area contributed by atoms with Gasteiger partial charge < -0.3 is 15.0 Å². The molecule has 3 rings (SSSR count). The minimum absolute atomic E-state index is 0. The standard InChI is InChI=1S/C12H14F3N3O.ClH/c13-12(14,15)9-3-8-6-19-7-10-5-16-1-2-18(10)11(8)17-4-9;/h3-4,10,16H,1-2,5-7H2;1H/t10-;/m1./s1. The Kier molecular flexibility index (Phi) is 4.41. The molecule has 1 aromatic rings. The fraction of sp³-hybridized carbons (Fsp3) is 0.583. The zero-order valence-corrected chi connectivity index (χ0v) is 11.4. The zero-order valence-electron chi connectivity index (χ0n) is 10.6. The molecule has 0 aromatic carbocycles. The number of piperazine rings is 1. The van der Waals surface area contributed by atoms with Crippen LogP contribution in [0.4, 0.5) is 19.0 Å². The molecule has 3 heterocycles. The maximum absolute atomic E-state index is 12.7. The molecule has 8 heteroatoms. The topological polar surface area (TPSA) is 37.4 Å². The van der Waals surface area contributed by atoms with Crippen molar-refractivity contribution < 1.29 is 17.9 Å². The van der Waals surface area contributed by atoms with Gasteiger partial charge in [0.1, 0.15) is 5.82 Å². The lowest BCUT2D eigenvalue weighted by Gasteiger charge is -2.35. The normalized spacial score (nSPS) is 22.4. The third-order valence-electron chi connectivity index (χ3n) is 3.46. The van der Waals surface area contributed by atoms with Crippen LogP contribution in [0.1, 0.15) is 11.1 Å². The number of ether oxygens (including phenoxy) is 1. The first-order valence-electron chi connectivity index (χ1n) is 6.17. The monoisotopic (exact) mass is 309 g/mol. The number of anilines is 1. The maximum atomic E-state index is 12.7. The number of nitrogens with one attached hydrogen (secondary N) is 1. The van der Waals surface area contributed by atoms with Gasteiger partial charge in [-0.3, -0.25) is 0 Å². The van der Waals surface area contributed by atoms with E-state index >= 15 is 0 Å². The first-order valence-corrected chi connectivity index (χ1v) is 6.17. The van der Waals surface area contributed by atoms with E-state index in [-0.39, 0.29) is 25.1 Å². The van der Waals surface area contributed by atoms with Crippen LogP contribution in [0.3, 0.4) is 0 Å². The van der Waals surface area contributed by atoms with E-state index in [1.807, 2.05) is 4.90 Å². The van der Waals surface area contributed by atoms with Crippen molar-refractivity contribution in [1.29, 1.82) is 0 Å². The lowest BCUT2D eigenvalue weighted by atomic mass is 10.1. The minimum atomic E-state index is -4.36. The van der Waals surface area contributed by atoms with Crippen molar-refractivity contribution in [2.75, 3.05) is 31.1 Å². The van der Waals surface area contributed by atoms with E-state index in [9.17, 15) is 13.2 Å². The number of rotatable bonds is 0. The van der Waals surface area contributed by atoms with Crippen molar-refractivity contribution in [3.05, 3.63) is 23.4 Å². The average molecular weight is 310 g/mol. The van der Waals surface area contributed by atoms with Gasteiger partial charge in [-0.25, -0.2) is 4.98 Å². The highest BCUT2D eigenvalue weighted by Gasteiger charge is 2.34. The summed E-state index contributed by atoms with van der Waals surface area (Å²) in [5, 5.41) is 3.25. The van der Waals surface area contributed by atoms with E-state index in [2.05, 4.69) is 10.3 Å². The number of pyridine rings is 1. The van der Waals surface area contributed by atoms with Crippen LogP contribution < -0.4 is 10.2 Å². The summed E-state index contributed by atoms with van der Waals surface area (Å²) in [6, 6.07) is 1.28. The molecule has 112 valence electrons. The molecular formula is C12H15ClF3N3O. The van der Waals surface area contributed by atoms with Gasteiger partial charge in [0.2, 0.25) is 0 Å². The summed E-state index contributed by atoms with van der Waals surface area (Å²) in [6.45, 7) is 2.99. The summed E-state index contributed by atoms with van der Waals surface area (Å²) in [6.07, 6.45) is -3.46. The Morgan fingerprint density at radius 1 is 1.40 bits per heavy atom. The number of alkyl halides is 3. The summed E-state index contributed by atoms with van der Waals surface area (Å²) < 4.78 is 43.5. The van der Waals surface area contributed by atoms with Gasteiger partial charge in [-0.2, -0.15) is 13.2 Å². The summed E-state index contributed by atoms with van der Waals surface area (Å²) in [4.78, 5) is 6.07. The van der Waals surface area contributed by atoms with Crippen molar-refractivity contribution in [2.24, 2.45) is 0 Å². The molecule has 2 aliphatic heterocycles. The zero-order chi connectivity index (χ0) is 13.5. The van der Waals surface area contributed by atoms with Gasteiger partial charge in [0.15, 0.2) is 0 Å². The SMILES string of the molecule is Cl.FC(F)(F)c1cnc2c(c1)COC[C@H]1CNCCN21. The molecule has 1 fully saturated rings. The van der Waals surface area contributed by atoms with Crippen molar-refractivity contribution >= 4 is 18.2 Å². The molecule has 4 nitrogen and oxygen atoms in total. The van der Waals surface area contributed by atoms with Crippen molar-refractivity contribution in [3.63, 3.8) is 0 Å². The highest BCUT2D eigenvalue weighted by Crippen LogP contribution is 2.33. The second kappa shape index (κ2) is 5.75. The molecule has 0 radical (unpaired) electrons. The van der Waals surface area contributed by atoms with Gasteiger partial charge in [0.25, 0.3) is 0 Å². The highest BCUT2D eigenvalue weighted by atomic mass is 35.5. The summed E-state index contributed by atoms with van der Waals surface area (Å²) in [5.74, 6) is 0.622. The molecule has 0 saturated carbocycles. The lowest BCUT2D eigenvalue weighted by molar-refractivity contribution is -0.137. The smallest absolute Gasteiger partial charge is 0.374 e. The van der Waals surface area contributed by atoms with Gasteiger partial charge in [-0.15, -0.1) is 12.4 Å². The van der Waals surface area contributed by atoms with Crippen LogP contribution in [-0.2, 0) is 17.5 Å². The van der Waals surface area contributed by atoms with Crippen LogP contribution in [0.15, 0.2) is 12.3 Å². The van der Waals surface area contributed by atoms with E-state index < -0.39 is 11.7 Å². The first-order chi connectivity index (χ1) is 9.05. The van der Waals surface area contributed by atoms with Gasteiger partial charge in [0.05, 0.1) is 24.8 Å². The Morgan fingerprint density at radius 2 is 2.20 bits per heavy atom. The molecule has 20 heavy (non-hydrogen) atoms. The van der Waals surface area contributed by atoms with E-state index in [0.29, 0.717) is 18.0 Å². The second-order valence-electron chi connectivity index (χ2n) is 4.77. The van der Waals surface area contributed by atoms with Crippen LogP contribution in [0, 0.1) is 0 Å². The Balaban J connectivity index is 0.00000147. The van der Waals surface area contributed by atoms with Crippen LogP contribution in [0.5, 0.6) is 0 Å². The van der Waals surface area contributed by atoms with E-state index in [4.69, 9.17) is 4.74 Å². The number of hydrogen-bond donors (Lipinski definition) is 1. The molecule has 0 amide bonds. The average Bonchev–Trinajstić information content (AvgIpc) is 2.56. The highest BCUT2D eigenvalue weighted by molar-refractivity contribution is 5.85. The molecule has 0 aliphatic carbocycles. The molecule has 1 aromatic heterocycles. The number of nitrogens with zero attached hydrogens (tertiary/aromatic N) is 2. The third-order valence-corrected chi connectivity index (χ3v) is 3.46. The molecule has 0 spiro atoms. The summed E-state index contributed by atoms with van der Waals surface area (Å²) >= 11 is 0. The minimum Gasteiger partial charge on any atom is -0.374 e. The molecular weight excluding hydrogens is 295 g/mol. The molecule has 1 atom stereocenters. The first kappa shape index (κ1) is 15.3. The predicted octanol–water partition coefficient (Wildman–Crippen LogP) is 1.83. The van der Waals surface area contributed by atoms with E-state index in [1.165, 1.54) is 0 Å². The van der Waals surface area contributed by atoms with Gasteiger partial charge in [0, 0.05) is 31.4 Å². The fourth-order valence-electron chi connectivity index (χ4n) is 2.52. The molecule has 0 bridgehead atoms. The maximum Gasteiger partial charge on any atom is 0.417 e. The summed E-state index contributed by atoms with van der Waals surface area (Å²) in [5.41, 5.74) is -0.206. The van der Waals surface area contributed by atoms with Gasteiger partial charge in [-0.1, -0.05) is 0 Å². The number of hydrogen-bond acceptors (Lipinski definition) is 4. The van der Waals surface area contributed by atoms with Crippen LogP contribution in [-0.4, -0.2) is 37.3 Å². The fourth-order valence-corrected chi connectivity index (χ4v) is 2.52. The number of fused-ring (bicyclic) bond motifs is 3.